The van der Waals surface area contributed by atoms with Crippen LogP contribution in [0.4, 0.5) is 22.0 Å². The van der Waals surface area contributed by atoms with Crippen LogP contribution in [0.2, 0.25) is 0 Å². The molecule has 1 heterocycles. The summed E-state index contributed by atoms with van der Waals surface area (Å²) >= 11 is 0. The first-order chi connectivity index (χ1) is 9.32. The molecule has 2 nitrogen and oxygen atoms in total. The molecule has 108 valence electrons. The summed E-state index contributed by atoms with van der Waals surface area (Å²) in [5, 5.41) is 0. The van der Waals surface area contributed by atoms with Gasteiger partial charge in [0.2, 0.25) is 5.82 Å². The van der Waals surface area contributed by atoms with Gasteiger partial charge in [0, 0.05) is 12.5 Å². The maximum absolute atomic E-state index is 13.6. The zero-order chi connectivity index (χ0) is 15.0. The lowest BCUT2D eigenvalue weighted by atomic mass is 10.1. The average Bonchev–Trinajstić information content (AvgIpc) is 2.81. The van der Waals surface area contributed by atoms with Crippen molar-refractivity contribution in [3.05, 3.63) is 47.0 Å². The van der Waals surface area contributed by atoms with Gasteiger partial charge in [-0.3, -0.25) is 0 Å². The topological polar surface area (TPSA) is 39.2 Å². The Bertz CT molecular complexity index is 621. The van der Waals surface area contributed by atoms with Crippen LogP contribution in [0.15, 0.2) is 16.5 Å². The van der Waals surface area contributed by atoms with Gasteiger partial charge in [-0.15, -0.1) is 0 Å². The summed E-state index contributed by atoms with van der Waals surface area (Å²) in [6, 6.07) is 2.23. The van der Waals surface area contributed by atoms with E-state index in [2.05, 4.69) is 0 Å². The highest BCUT2D eigenvalue weighted by Gasteiger charge is 2.28. The number of rotatable bonds is 3. The van der Waals surface area contributed by atoms with Gasteiger partial charge in [-0.05, 0) is 19.1 Å². The van der Waals surface area contributed by atoms with Crippen LogP contribution in [0.1, 0.15) is 12.7 Å². The molecule has 20 heavy (non-hydrogen) atoms. The zero-order valence-corrected chi connectivity index (χ0v) is 10.3. The van der Waals surface area contributed by atoms with E-state index in [0.717, 1.165) is 6.07 Å². The Kier molecular flexibility index (Phi) is 3.80. The second kappa shape index (κ2) is 5.24. The van der Waals surface area contributed by atoms with Crippen molar-refractivity contribution in [1.29, 1.82) is 0 Å². The van der Waals surface area contributed by atoms with Gasteiger partial charge in [0.1, 0.15) is 11.5 Å². The van der Waals surface area contributed by atoms with Gasteiger partial charge in [-0.25, -0.2) is 22.0 Å². The molecule has 0 saturated heterocycles. The molecule has 7 heteroatoms. The first kappa shape index (κ1) is 14.5. The van der Waals surface area contributed by atoms with Gasteiger partial charge in [-0.2, -0.15) is 0 Å². The van der Waals surface area contributed by atoms with Crippen molar-refractivity contribution in [1.82, 2.24) is 0 Å². The van der Waals surface area contributed by atoms with Gasteiger partial charge in [0.25, 0.3) is 0 Å². The van der Waals surface area contributed by atoms with Crippen LogP contribution < -0.4 is 5.73 Å². The lowest BCUT2D eigenvalue weighted by Crippen LogP contribution is -2.17. The molecular formula is C13H10F5NO. The van der Waals surface area contributed by atoms with Crippen LogP contribution in [0.3, 0.4) is 0 Å². The van der Waals surface area contributed by atoms with Crippen molar-refractivity contribution in [2.45, 2.75) is 19.4 Å². The lowest BCUT2D eigenvalue weighted by molar-refractivity contribution is 0.378. The summed E-state index contributed by atoms with van der Waals surface area (Å²) in [6.07, 6.45) is 0.273. The van der Waals surface area contributed by atoms with E-state index < -0.39 is 40.4 Å². The summed E-state index contributed by atoms with van der Waals surface area (Å²) in [5.41, 5.74) is 4.44. The highest BCUT2D eigenvalue weighted by atomic mass is 19.2. The van der Waals surface area contributed by atoms with Crippen LogP contribution in [-0.2, 0) is 6.42 Å². The molecule has 0 amide bonds. The fraction of sp³-hybridized carbons (Fsp3) is 0.231. The number of hydrogen-bond acceptors (Lipinski definition) is 2. The molecular weight excluding hydrogens is 281 g/mol. The molecule has 1 unspecified atom stereocenters. The van der Waals surface area contributed by atoms with E-state index in [1.807, 2.05) is 0 Å². The van der Waals surface area contributed by atoms with Crippen LogP contribution in [0.25, 0.3) is 11.3 Å². The molecule has 0 bridgehead atoms. The first-order valence-electron chi connectivity index (χ1n) is 5.69. The Morgan fingerprint density at radius 3 is 1.95 bits per heavy atom. The van der Waals surface area contributed by atoms with Crippen LogP contribution in [0.5, 0.6) is 0 Å². The van der Waals surface area contributed by atoms with Gasteiger partial charge in [0.05, 0.1) is 5.56 Å². The van der Waals surface area contributed by atoms with E-state index in [0.29, 0.717) is 5.76 Å². The third kappa shape index (κ3) is 2.40. The highest BCUT2D eigenvalue weighted by Crippen LogP contribution is 2.32. The van der Waals surface area contributed by atoms with E-state index >= 15 is 0 Å². The third-order valence-electron chi connectivity index (χ3n) is 2.64. The van der Waals surface area contributed by atoms with E-state index in [1.165, 1.54) is 6.07 Å². The maximum Gasteiger partial charge on any atom is 0.200 e. The Labute approximate surface area is 111 Å². The minimum Gasteiger partial charge on any atom is -0.461 e. The summed E-state index contributed by atoms with van der Waals surface area (Å²) in [6.45, 7) is 1.68. The molecule has 0 spiro atoms. The minimum absolute atomic E-state index is 0.273. The van der Waals surface area contributed by atoms with Crippen molar-refractivity contribution in [3.8, 4) is 11.3 Å². The average molecular weight is 291 g/mol. The largest absolute Gasteiger partial charge is 0.461 e. The number of halogens is 5. The monoisotopic (exact) mass is 291 g/mol. The highest BCUT2D eigenvalue weighted by molar-refractivity contribution is 5.60. The second-order valence-corrected chi connectivity index (χ2v) is 4.39. The Morgan fingerprint density at radius 1 is 0.950 bits per heavy atom. The van der Waals surface area contributed by atoms with E-state index in [4.69, 9.17) is 10.2 Å². The predicted octanol–water partition coefficient (Wildman–Crippen LogP) is 3.53. The Morgan fingerprint density at radius 2 is 1.45 bits per heavy atom. The molecule has 1 aromatic heterocycles. The van der Waals surface area contributed by atoms with Crippen LogP contribution in [0, 0.1) is 29.1 Å². The summed E-state index contributed by atoms with van der Waals surface area (Å²) in [7, 11) is 0. The number of hydrogen-bond donors (Lipinski definition) is 1. The van der Waals surface area contributed by atoms with Crippen molar-refractivity contribution in [2.75, 3.05) is 0 Å². The van der Waals surface area contributed by atoms with Crippen LogP contribution >= 0.6 is 0 Å². The SMILES string of the molecule is CC(N)Cc1ccc(-c2c(F)c(F)c(F)c(F)c2F)o1. The maximum atomic E-state index is 13.6. The minimum atomic E-state index is -2.20. The van der Waals surface area contributed by atoms with Gasteiger partial charge < -0.3 is 10.2 Å². The van der Waals surface area contributed by atoms with Crippen LogP contribution in [-0.4, -0.2) is 6.04 Å². The van der Waals surface area contributed by atoms with E-state index in [1.54, 1.807) is 6.92 Å². The molecule has 0 aliphatic carbocycles. The summed E-state index contributed by atoms with van der Waals surface area (Å²) < 4.78 is 71.3. The van der Waals surface area contributed by atoms with Gasteiger partial charge in [-0.1, -0.05) is 0 Å². The molecule has 1 atom stereocenters. The molecule has 0 radical (unpaired) electrons. The summed E-state index contributed by atoms with van der Waals surface area (Å²) in [4.78, 5) is 0. The van der Waals surface area contributed by atoms with Crippen molar-refractivity contribution < 1.29 is 26.4 Å². The number of furan rings is 1. The molecule has 2 N–H and O–H groups in total. The third-order valence-corrected chi connectivity index (χ3v) is 2.64. The molecule has 2 rings (SSSR count). The smallest absolute Gasteiger partial charge is 0.200 e. The molecule has 1 aromatic carbocycles. The Hall–Kier alpha value is -1.89. The normalized spacial score (nSPS) is 12.8. The van der Waals surface area contributed by atoms with Crippen molar-refractivity contribution in [2.24, 2.45) is 5.73 Å². The van der Waals surface area contributed by atoms with E-state index in [-0.39, 0.29) is 12.5 Å². The molecule has 0 aliphatic heterocycles. The van der Waals surface area contributed by atoms with Crippen molar-refractivity contribution in [3.63, 3.8) is 0 Å². The molecule has 0 fully saturated rings. The quantitative estimate of drug-likeness (QED) is 0.534. The number of nitrogens with two attached hydrogens (primary N) is 1. The van der Waals surface area contributed by atoms with Crippen molar-refractivity contribution >= 4 is 0 Å². The molecule has 0 saturated carbocycles. The Balaban J connectivity index is 2.56. The molecule has 2 aromatic rings. The van der Waals surface area contributed by atoms with Gasteiger partial charge >= 0.3 is 0 Å². The predicted molar refractivity (Wildman–Crippen MR) is 61.3 cm³/mol. The summed E-state index contributed by atoms with van der Waals surface area (Å²) in [5.74, 6) is -10.2. The standard InChI is InChI=1S/C13H10F5NO/c1-5(19)4-6-2-3-7(20-6)8-9(14)11(16)13(18)12(17)10(8)15/h2-3,5H,4,19H2,1H3. The van der Waals surface area contributed by atoms with E-state index in [9.17, 15) is 22.0 Å². The number of benzene rings is 1. The lowest BCUT2D eigenvalue weighted by Gasteiger charge is -2.06. The second-order valence-electron chi connectivity index (χ2n) is 4.39. The zero-order valence-electron chi connectivity index (χ0n) is 10.3. The molecule has 0 aliphatic rings. The first-order valence-corrected chi connectivity index (χ1v) is 5.69. The fourth-order valence-electron chi connectivity index (χ4n) is 1.76. The van der Waals surface area contributed by atoms with Gasteiger partial charge in [0.15, 0.2) is 23.3 Å². The fourth-order valence-corrected chi connectivity index (χ4v) is 1.76.